The second-order valence-corrected chi connectivity index (χ2v) is 9.94. The Bertz CT molecular complexity index is 1190. The molecule has 0 atom stereocenters. The number of nitro benzene ring substituents is 1. The fourth-order valence-corrected chi connectivity index (χ4v) is 5.36. The Labute approximate surface area is 197 Å². The Morgan fingerprint density at radius 3 is 2.29 bits per heavy atom. The summed E-state index contributed by atoms with van der Waals surface area (Å²) in [6.45, 7) is 4.88. The number of sulfonamides is 1. The number of morpholine rings is 2. The summed E-state index contributed by atoms with van der Waals surface area (Å²) in [6, 6.07) is 8.71. The minimum absolute atomic E-state index is 0.00678. The first kappa shape index (κ1) is 24.1. The summed E-state index contributed by atoms with van der Waals surface area (Å²) in [5.74, 6) is -0.552. The van der Waals surface area contributed by atoms with E-state index in [0.29, 0.717) is 50.8 Å². The van der Waals surface area contributed by atoms with Crippen LogP contribution in [-0.2, 0) is 19.5 Å². The Balaban J connectivity index is 1.72. The van der Waals surface area contributed by atoms with Crippen molar-refractivity contribution in [1.29, 1.82) is 0 Å². The Hall–Kier alpha value is -3.06. The average Bonchev–Trinajstić information content (AvgIpc) is 2.86. The molecule has 0 radical (unpaired) electrons. The molecular formula is C22H26N4O7S. The highest BCUT2D eigenvalue weighted by molar-refractivity contribution is 7.89. The fraction of sp³-hybridized carbons (Fsp3) is 0.409. The van der Waals surface area contributed by atoms with Gasteiger partial charge in [-0.05, 0) is 30.7 Å². The van der Waals surface area contributed by atoms with Crippen LogP contribution < -0.4 is 10.2 Å². The van der Waals surface area contributed by atoms with Gasteiger partial charge in [-0.2, -0.15) is 4.31 Å². The Kier molecular flexibility index (Phi) is 7.12. The van der Waals surface area contributed by atoms with Gasteiger partial charge in [0.2, 0.25) is 10.0 Å². The summed E-state index contributed by atoms with van der Waals surface area (Å²) < 4.78 is 38.4. The molecule has 12 heteroatoms. The van der Waals surface area contributed by atoms with Crippen LogP contribution in [0.3, 0.4) is 0 Å². The quantitative estimate of drug-likeness (QED) is 0.481. The van der Waals surface area contributed by atoms with Crippen LogP contribution in [-0.4, -0.2) is 76.2 Å². The molecule has 34 heavy (non-hydrogen) atoms. The second-order valence-electron chi connectivity index (χ2n) is 8.01. The molecule has 2 aliphatic rings. The van der Waals surface area contributed by atoms with Gasteiger partial charge in [-0.25, -0.2) is 8.42 Å². The predicted molar refractivity (Wildman–Crippen MR) is 125 cm³/mol. The molecule has 2 aliphatic heterocycles. The summed E-state index contributed by atoms with van der Waals surface area (Å²) in [6.07, 6.45) is 0. The number of amides is 1. The van der Waals surface area contributed by atoms with Gasteiger partial charge in [-0.15, -0.1) is 0 Å². The molecule has 0 unspecified atom stereocenters. The van der Waals surface area contributed by atoms with Crippen molar-refractivity contribution < 1.29 is 27.6 Å². The summed E-state index contributed by atoms with van der Waals surface area (Å²) in [7, 11) is -3.82. The van der Waals surface area contributed by atoms with Crippen molar-refractivity contribution in [3.8, 4) is 0 Å². The smallest absolute Gasteiger partial charge is 0.271 e. The predicted octanol–water partition coefficient (Wildman–Crippen LogP) is 2.01. The van der Waals surface area contributed by atoms with E-state index < -0.39 is 20.9 Å². The van der Waals surface area contributed by atoms with Crippen molar-refractivity contribution >= 4 is 33.0 Å². The first-order valence-corrected chi connectivity index (χ1v) is 12.3. The van der Waals surface area contributed by atoms with Crippen molar-refractivity contribution in [2.45, 2.75) is 11.8 Å². The molecule has 0 aliphatic carbocycles. The molecule has 2 saturated heterocycles. The van der Waals surface area contributed by atoms with Gasteiger partial charge in [0.25, 0.3) is 11.6 Å². The summed E-state index contributed by atoms with van der Waals surface area (Å²) in [5, 5.41) is 13.9. The maximum absolute atomic E-state index is 13.4. The number of ether oxygens (including phenoxy) is 2. The number of rotatable bonds is 6. The van der Waals surface area contributed by atoms with Crippen LogP contribution in [0.15, 0.2) is 41.3 Å². The standard InChI is InChI=1S/C22H26N4O7S/c1-16-2-3-17(26(28)29)14-20(16)23-22(27)19-15-18(34(30,31)25-8-12-33-13-9-25)4-5-21(19)24-6-10-32-11-7-24/h2-5,14-15H,6-13H2,1H3,(H,23,27). The molecule has 2 aromatic carbocycles. The fourth-order valence-electron chi connectivity index (χ4n) is 3.92. The number of carbonyl (C=O) groups is 1. The SMILES string of the molecule is Cc1ccc([N+](=O)[O-])cc1NC(=O)c1cc(S(=O)(=O)N2CCOCC2)ccc1N1CCOCC1. The molecule has 0 aromatic heterocycles. The lowest BCUT2D eigenvalue weighted by molar-refractivity contribution is -0.384. The number of hydrogen-bond acceptors (Lipinski definition) is 8. The van der Waals surface area contributed by atoms with Crippen LogP contribution in [0.25, 0.3) is 0 Å². The van der Waals surface area contributed by atoms with Gasteiger partial charge in [0, 0.05) is 44.0 Å². The van der Waals surface area contributed by atoms with E-state index in [2.05, 4.69) is 5.32 Å². The molecule has 0 bridgehead atoms. The van der Waals surface area contributed by atoms with E-state index in [-0.39, 0.29) is 34.9 Å². The molecular weight excluding hydrogens is 464 g/mol. The minimum atomic E-state index is -3.82. The molecule has 1 amide bonds. The lowest BCUT2D eigenvalue weighted by atomic mass is 10.1. The third-order valence-electron chi connectivity index (χ3n) is 5.85. The minimum Gasteiger partial charge on any atom is -0.379 e. The first-order chi connectivity index (χ1) is 16.3. The van der Waals surface area contributed by atoms with Gasteiger partial charge >= 0.3 is 0 Å². The average molecular weight is 491 g/mol. The highest BCUT2D eigenvalue weighted by Crippen LogP contribution is 2.29. The van der Waals surface area contributed by atoms with Gasteiger partial charge < -0.3 is 19.7 Å². The summed E-state index contributed by atoms with van der Waals surface area (Å²) in [5.41, 5.74) is 1.52. The Morgan fingerprint density at radius 2 is 1.65 bits per heavy atom. The van der Waals surface area contributed by atoms with E-state index >= 15 is 0 Å². The van der Waals surface area contributed by atoms with Crippen LogP contribution in [0.2, 0.25) is 0 Å². The van der Waals surface area contributed by atoms with Gasteiger partial charge in [-0.1, -0.05) is 6.07 Å². The van der Waals surface area contributed by atoms with E-state index in [1.807, 2.05) is 4.90 Å². The monoisotopic (exact) mass is 490 g/mol. The molecule has 4 rings (SSSR count). The topological polar surface area (TPSA) is 131 Å². The maximum Gasteiger partial charge on any atom is 0.271 e. The number of nitrogens with zero attached hydrogens (tertiary/aromatic N) is 3. The van der Waals surface area contributed by atoms with Crippen molar-refractivity contribution in [1.82, 2.24) is 4.31 Å². The number of carbonyl (C=O) groups excluding carboxylic acids is 1. The number of nitro groups is 1. The second kappa shape index (κ2) is 10.1. The number of non-ortho nitro benzene ring substituents is 1. The zero-order valence-corrected chi connectivity index (χ0v) is 19.5. The van der Waals surface area contributed by atoms with Crippen molar-refractivity contribution in [3.05, 3.63) is 57.6 Å². The van der Waals surface area contributed by atoms with Gasteiger partial charge in [0.1, 0.15) is 0 Å². The Morgan fingerprint density at radius 1 is 1.00 bits per heavy atom. The van der Waals surface area contributed by atoms with Crippen LogP contribution in [0, 0.1) is 17.0 Å². The van der Waals surface area contributed by atoms with E-state index in [9.17, 15) is 23.3 Å². The zero-order chi connectivity index (χ0) is 24.3. The van der Waals surface area contributed by atoms with Crippen LogP contribution in [0.5, 0.6) is 0 Å². The molecule has 0 saturated carbocycles. The number of benzene rings is 2. The van der Waals surface area contributed by atoms with E-state index in [1.54, 1.807) is 19.1 Å². The molecule has 2 fully saturated rings. The van der Waals surface area contributed by atoms with Crippen LogP contribution in [0.4, 0.5) is 17.1 Å². The molecule has 2 aromatic rings. The lowest BCUT2D eigenvalue weighted by Crippen LogP contribution is -2.41. The van der Waals surface area contributed by atoms with Gasteiger partial charge in [0.05, 0.1) is 47.5 Å². The molecule has 11 nitrogen and oxygen atoms in total. The number of hydrogen-bond donors (Lipinski definition) is 1. The number of aryl methyl sites for hydroxylation is 1. The third-order valence-corrected chi connectivity index (χ3v) is 7.75. The van der Waals surface area contributed by atoms with Gasteiger partial charge in [0.15, 0.2) is 0 Å². The number of nitrogens with one attached hydrogen (secondary N) is 1. The summed E-state index contributed by atoms with van der Waals surface area (Å²) in [4.78, 5) is 26.0. The maximum atomic E-state index is 13.4. The van der Waals surface area contributed by atoms with Crippen molar-refractivity contribution in [3.63, 3.8) is 0 Å². The molecule has 1 N–H and O–H groups in total. The largest absolute Gasteiger partial charge is 0.379 e. The van der Waals surface area contributed by atoms with Crippen molar-refractivity contribution in [2.75, 3.05) is 62.8 Å². The highest BCUT2D eigenvalue weighted by atomic mass is 32.2. The van der Waals surface area contributed by atoms with Gasteiger partial charge in [-0.3, -0.25) is 14.9 Å². The number of anilines is 2. The molecule has 182 valence electrons. The first-order valence-electron chi connectivity index (χ1n) is 10.9. The lowest BCUT2D eigenvalue weighted by Gasteiger charge is -2.31. The highest BCUT2D eigenvalue weighted by Gasteiger charge is 2.29. The normalized spacial score (nSPS) is 17.4. The van der Waals surface area contributed by atoms with E-state index in [1.165, 1.54) is 28.6 Å². The van der Waals surface area contributed by atoms with E-state index in [4.69, 9.17) is 9.47 Å². The zero-order valence-electron chi connectivity index (χ0n) is 18.7. The molecule has 2 heterocycles. The van der Waals surface area contributed by atoms with E-state index in [0.717, 1.165) is 0 Å². The van der Waals surface area contributed by atoms with Crippen LogP contribution >= 0.6 is 0 Å². The van der Waals surface area contributed by atoms with Crippen molar-refractivity contribution in [2.24, 2.45) is 0 Å². The third kappa shape index (κ3) is 5.04. The molecule has 0 spiro atoms. The van der Waals surface area contributed by atoms with Crippen LogP contribution in [0.1, 0.15) is 15.9 Å². The summed E-state index contributed by atoms with van der Waals surface area (Å²) >= 11 is 0.